The Kier molecular flexibility index (Phi) is 6.14. The first-order valence-corrected chi connectivity index (χ1v) is 7.21. The van der Waals surface area contributed by atoms with Crippen LogP contribution < -0.4 is 19.9 Å². The van der Waals surface area contributed by atoms with Crippen LogP contribution in [0.15, 0.2) is 23.2 Å². The number of aliphatic imine (C=N–C) groups is 1. The molecule has 0 bridgehead atoms. The molecule has 1 aromatic rings. The van der Waals surface area contributed by atoms with Gasteiger partial charge in [0.25, 0.3) is 0 Å². The number of nitrogens with zero attached hydrogens (tertiary/aromatic N) is 2. The molecule has 0 unspecified atom stereocenters. The Bertz CT molecular complexity index is 479. The van der Waals surface area contributed by atoms with Crippen LogP contribution in [0.3, 0.4) is 0 Å². The fraction of sp³-hybridized carbons (Fsp3) is 0.533. The van der Waals surface area contributed by atoms with Gasteiger partial charge in [-0.1, -0.05) is 0 Å². The van der Waals surface area contributed by atoms with E-state index in [0.717, 1.165) is 13.1 Å². The number of rotatable bonds is 6. The highest BCUT2D eigenvalue weighted by molar-refractivity contribution is 5.78. The van der Waals surface area contributed by atoms with Gasteiger partial charge in [0.1, 0.15) is 23.9 Å². The van der Waals surface area contributed by atoms with Gasteiger partial charge in [0, 0.05) is 31.3 Å². The summed E-state index contributed by atoms with van der Waals surface area (Å²) < 4.78 is 21.3. The lowest BCUT2D eigenvalue weighted by Crippen LogP contribution is -2.45. The molecule has 0 aromatic heterocycles. The minimum atomic E-state index is 0.432. The second kappa shape index (κ2) is 8.33. The predicted octanol–water partition coefficient (Wildman–Crippen LogP) is 0.730. The Hall–Kier alpha value is -2.15. The van der Waals surface area contributed by atoms with Crippen molar-refractivity contribution in [3.05, 3.63) is 18.2 Å². The first-order valence-electron chi connectivity index (χ1n) is 7.21. The number of hydrogen-bond acceptors (Lipinski definition) is 5. The Labute approximate surface area is 130 Å². The molecule has 1 aliphatic heterocycles. The summed E-state index contributed by atoms with van der Waals surface area (Å²) in [5, 5.41) is 0. The van der Waals surface area contributed by atoms with E-state index in [0.29, 0.717) is 49.6 Å². The number of hydrogen-bond donors (Lipinski definition) is 1. The maximum absolute atomic E-state index is 5.94. The molecule has 122 valence electrons. The summed E-state index contributed by atoms with van der Waals surface area (Å²) in [7, 11) is 3.21. The molecule has 0 atom stereocenters. The quantitative estimate of drug-likeness (QED) is 0.474. The zero-order valence-corrected chi connectivity index (χ0v) is 13.1. The average Bonchev–Trinajstić information content (AvgIpc) is 2.58. The minimum Gasteiger partial charge on any atom is -0.496 e. The van der Waals surface area contributed by atoms with Gasteiger partial charge in [0.15, 0.2) is 5.96 Å². The molecular formula is C15H23N3O4. The van der Waals surface area contributed by atoms with Gasteiger partial charge in [-0.3, -0.25) is 0 Å². The molecule has 0 saturated carbocycles. The lowest BCUT2D eigenvalue weighted by molar-refractivity contribution is 0.0674. The van der Waals surface area contributed by atoms with E-state index >= 15 is 0 Å². The van der Waals surface area contributed by atoms with Gasteiger partial charge >= 0.3 is 0 Å². The SMILES string of the molecule is COc1cc(OC)cc(OCCN=C(N)N2CCOCC2)c1. The third-order valence-corrected chi connectivity index (χ3v) is 3.29. The lowest BCUT2D eigenvalue weighted by Gasteiger charge is -2.27. The van der Waals surface area contributed by atoms with Gasteiger partial charge in [0.05, 0.1) is 34.0 Å². The molecule has 7 heteroatoms. The highest BCUT2D eigenvalue weighted by Gasteiger charge is 2.11. The summed E-state index contributed by atoms with van der Waals surface area (Å²) in [5.41, 5.74) is 5.94. The normalized spacial score (nSPS) is 15.5. The van der Waals surface area contributed by atoms with Crippen molar-refractivity contribution >= 4 is 5.96 Å². The minimum absolute atomic E-state index is 0.432. The van der Waals surface area contributed by atoms with Gasteiger partial charge in [-0.05, 0) is 0 Å². The van der Waals surface area contributed by atoms with E-state index in [9.17, 15) is 0 Å². The van der Waals surface area contributed by atoms with Crippen molar-refractivity contribution in [2.75, 3.05) is 53.7 Å². The molecule has 0 amide bonds. The third-order valence-electron chi connectivity index (χ3n) is 3.29. The smallest absolute Gasteiger partial charge is 0.191 e. The van der Waals surface area contributed by atoms with Crippen LogP contribution in [0, 0.1) is 0 Å². The molecule has 2 rings (SSSR count). The fourth-order valence-electron chi connectivity index (χ4n) is 2.08. The molecule has 0 aliphatic carbocycles. The monoisotopic (exact) mass is 309 g/mol. The summed E-state index contributed by atoms with van der Waals surface area (Å²) >= 11 is 0. The highest BCUT2D eigenvalue weighted by atomic mass is 16.5. The molecule has 1 saturated heterocycles. The molecule has 0 radical (unpaired) electrons. The summed E-state index contributed by atoms with van der Waals surface area (Å²) in [6, 6.07) is 5.40. The Morgan fingerprint density at radius 2 is 1.73 bits per heavy atom. The summed E-state index contributed by atoms with van der Waals surface area (Å²) in [6.07, 6.45) is 0. The number of nitrogens with two attached hydrogens (primary N) is 1. The Morgan fingerprint density at radius 1 is 1.14 bits per heavy atom. The van der Waals surface area contributed by atoms with Crippen LogP contribution in [0.25, 0.3) is 0 Å². The fourth-order valence-corrected chi connectivity index (χ4v) is 2.08. The van der Waals surface area contributed by atoms with Crippen molar-refractivity contribution in [1.29, 1.82) is 0 Å². The zero-order valence-electron chi connectivity index (χ0n) is 13.1. The maximum Gasteiger partial charge on any atom is 0.191 e. The largest absolute Gasteiger partial charge is 0.496 e. The van der Waals surface area contributed by atoms with Crippen LogP contribution in [-0.4, -0.2) is 64.5 Å². The number of morpholine rings is 1. The van der Waals surface area contributed by atoms with Crippen molar-refractivity contribution in [2.24, 2.45) is 10.7 Å². The van der Waals surface area contributed by atoms with Gasteiger partial charge < -0.3 is 29.6 Å². The summed E-state index contributed by atoms with van der Waals surface area (Å²) in [6.45, 7) is 3.86. The Morgan fingerprint density at radius 3 is 2.32 bits per heavy atom. The molecule has 1 fully saturated rings. The first kappa shape index (κ1) is 16.2. The van der Waals surface area contributed by atoms with E-state index in [1.165, 1.54) is 0 Å². The standard InChI is InChI=1S/C15H23N3O4/c1-19-12-9-13(20-2)11-14(10-12)22-6-3-17-15(16)18-4-7-21-8-5-18/h9-11H,3-8H2,1-2H3,(H2,16,17). The lowest BCUT2D eigenvalue weighted by atomic mass is 10.3. The topological polar surface area (TPSA) is 78.5 Å². The first-order chi connectivity index (χ1) is 10.7. The van der Waals surface area contributed by atoms with Crippen LogP contribution in [-0.2, 0) is 4.74 Å². The van der Waals surface area contributed by atoms with Crippen LogP contribution in [0.1, 0.15) is 0 Å². The van der Waals surface area contributed by atoms with Gasteiger partial charge in [-0.15, -0.1) is 0 Å². The third kappa shape index (κ3) is 4.70. The van der Waals surface area contributed by atoms with Crippen LogP contribution in [0.4, 0.5) is 0 Å². The number of ether oxygens (including phenoxy) is 4. The van der Waals surface area contributed by atoms with E-state index in [-0.39, 0.29) is 0 Å². The maximum atomic E-state index is 5.94. The molecule has 1 aliphatic rings. The second-order valence-electron chi connectivity index (χ2n) is 4.74. The van der Waals surface area contributed by atoms with E-state index in [1.807, 2.05) is 4.90 Å². The van der Waals surface area contributed by atoms with E-state index in [4.69, 9.17) is 24.7 Å². The highest BCUT2D eigenvalue weighted by Crippen LogP contribution is 2.27. The second-order valence-corrected chi connectivity index (χ2v) is 4.74. The number of guanidine groups is 1. The van der Waals surface area contributed by atoms with Crippen molar-refractivity contribution in [1.82, 2.24) is 4.90 Å². The molecule has 1 heterocycles. The summed E-state index contributed by atoms with van der Waals surface area (Å²) in [4.78, 5) is 6.34. The summed E-state index contributed by atoms with van der Waals surface area (Å²) in [5.74, 6) is 2.59. The predicted molar refractivity (Wildman–Crippen MR) is 83.9 cm³/mol. The molecule has 7 nitrogen and oxygen atoms in total. The van der Waals surface area contributed by atoms with E-state index in [2.05, 4.69) is 4.99 Å². The molecule has 22 heavy (non-hydrogen) atoms. The van der Waals surface area contributed by atoms with Crippen LogP contribution >= 0.6 is 0 Å². The zero-order chi connectivity index (χ0) is 15.8. The van der Waals surface area contributed by atoms with Crippen LogP contribution in [0.2, 0.25) is 0 Å². The molecule has 0 spiro atoms. The Balaban J connectivity index is 1.82. The average molecular weight is 309 g/mol. The van der Waals surface area contributed by atoms with E-state index < -0.39 is 0 Å². The van der Waals surface area contributed by atoms with Crippen molar-refractivity contribution < 1.29 is 18.9 Å². The van der Waals surface area contributed by atoms with E-state index in [1.54, 1.807) is 32.4 Å². The van der Waals surface area contributed by atoms with Gasteiger partial charge in [-0.2, -0.15) is 0 Å². The molecule has 1 aromatic carbocycles. The van der Waals surface area contributed by atoms with Crippen molar-refractivity contribution in [2.45, 2.75) is 0 Å². The van der Waals surface area contributed by atoms with Crippen LogP contribution in [0.5, 0.6) is 17.2 Å². The van der Waals surface area contributed by atoms with Crippen molar-refractivity contribution in [3.8, 4) is 17.2 Å². The van der Waals surface area contributed by atoms with Gasteiger partial charge in [0.2, 0.25) is 0 Å². The van der Waals surface area contributed by atoms with Gasteiger partial charge in [-0.25, -0.2) is 4.99 Å². The van der Waals surface area contributed by atoms with Crippen molar-refractivity contribution in [3.63, 3.8) is 0 Å². The number of methoxy groups -OCH3 is 2. The molecule has 2 N–H and O–H groups in total. The molecular weight excluding hydrogens is 286 g/mol. The number of benzene rings is 1.